The van der Waals surface area contributed by atoms with E-state index in [1.54, 1.807) is 0 Å². The Morgan fingerprint density at radius 2 is 1.82 bits per heavy atom. The van der Waals surface area contributed by atoms with Crippen molar-refractivity contribution in [3.05, 3.63) is 0 Å². The van der Waals surface area contributed by atoms with Crippen LogP contribution < -0.4 is 0 Å². The Morgan fingerprint density at radius 1 is 1.18 bits per heavy atom. The molecule has 0 aromatic carbocycles. The van der Waals surface area contributed by atoms with Crippen LogP contribution in [0, 0.1) is 0 Å². The molecule has 0 saturated carbocycles. The van der Waals surface area contributed by atoms with Gasteiger partial charge >= 0.3 is 0 Å². The molecule has 17 heavy (non-hydrogen) atoms. The second-order valence-corrected chi connectivity index (χ2v) is 5.67. The third-order valence-electron chi connectivity index (χ3n) is 3.33. The fraction of sp³-hybridized carbons (Fsp3) is 0.929. The minimum absolute atomic E-state index is 0.0772. The molecule has 2 atom stereocenters. The van der Waals surface area contributed by atoms with E-state index in [0.29, 0.717) is 0 Å². The van der Waals surface area contributed by atoms with E-state index in [2.05, 4.69) is 6.92 Å². The Bertz CT molecular complexity index is 273. The van der Waals surface area contributed by atoms with Crippen molar-refractivity contribution >= 4 is 5.78 Å². The number of ether oxygens (including phenoxy) is 2. The van der Waals surface area contributed by atoms with E-state index in [1.807, 2.05) is 27.7 Å². The molecule has 0 amide bonds. The Balaban J connectivity index is 2.60. The average Bonchev–Trinajstić information content (AvgIpc) is 2.20. The van der Waals surface area contributed by atoms with E-state index in [1.165, 1.54) is 19.3 Å². The summed E-state index contributed by atoms with van der Waals surface area (Å²) in [5, 5.41) is 0. The lowest BCUT2D eigenvalue weighted by molar-refractivity contribution is -0.302. The van der Waals surface area contributed by atoms with Crippen molar-refractivity contribution in [2.45, 2.75) is 84.2 Å². The first-order valence-corrected chi connectivity index (χ1v) is 6.73. The summed E-state index contributed by atoms with van der Waals surface area (Å²) in [6, 6.07) is 0. The molecule has 100 valence electrons. The molecule has 0 N–H and O–H groups in total. The second kappa shape index (κ2) is 5.49. The molecule has 0 bridgehead atoms. The predicted octanol–water partition coefficient (Wildman–Crippen LogP) is 3.46. The van der Waals surface area contributed by atoms with E-state index >= 15 is 0 Å². The van der Waals surface area contributed by atoms with Gasteiger partial charge in [0, 0.05) is 0 Å². The average molecular weight is 242 g/mol. The maximum Gasteiger partial charge on any atom is 0.192 e. The zero-order valence-corrected chi connectivity index (χ0v) is 11.8. The first-order chi connectivity index (χ1) is 7.81. The molecule has 0 aliphatic carbocycles. The molecule has 0 unspecified atom stereocenters. The molecule has 1 heterocycles. The van der Waals surface area contributed by atoms with Crippen molar-refractivity contribution in [2.75, 3.05) is 0 Å². The lowest BCUT2D eigenvalue weighted by Gasteiger charge is -2.44. The van der Waals surface area contributed by atoms with Crippen molar-refractivity contribution in [3.63, 3.8) is 0 Å². The van der Waals surface area contributed by atoms with Gasteiger partial charge in [-0.25, -0.2) is 0 Å². The summed E-state index contributed by atoms with van der Waals surface area (Å²) in [6.45, 7) is 9.66. The highest BCUT2D eigenvalue weighted by atomic mass is 16.7. The molecule has 1 aliphatic heterocycles. The van der Waals surface area contributed by atoms with Crippen LogP contribution in [0.4, 0.5) is 0 Å². The van der Waals surface area contributed by atoms with Crippen LogP contribution in [0.2, 0.25) is 0 Å². The third kappa shape index (κ3) is 3.78. The van der Waals surface area contributed by atoms with Gasteiger partial charge in [-0.3, -0.25) is 4.79 Å². The van der Waals surface area contributed by atoms with E-state index in [9.17, 15) is 4.79 Å². The quantitative estimate of drug-likeness (QED) is 0.693. The molecule has 3 heteroatoms. The summed E-state index contributed by atoms with van der Waals surface area (Å²) in [4.78, 5) is 12.1. The van der Waals surface area contributed by atoms with Crippen LogP contribution in [0.25, 0.3) is 0 Å². The summed E-state index contributed by atoms with van der Waals surface area (Å²) >= 11 is 0. The van der Waals surface area contributed by atoms with Gasteiger partial charge in [0.25, 0.3) is 0 Å². The number of carbonyl (C=O) groups is 1. The fourth-order valence-corrected chi connectivity index (χ4v) is 2.59. The van der Waals surface area contributed by atoms with Gasteiger partial charge in [-0.15, -0.1) is 0 Å². The van der Waals surface area contributed by atoms with Crippen LogP contribution in [0.3, 0.4) is 0 Å². The number of hydrogen-bond acceptors (Lipinski definition) is 3. The monoisotopic (exact) mass is 242 g/mol. The number of Topliss-reactive ketones (excluding diaryl/α,β-unsaturated/α-hetero) is 1. The maximum absolute atomic E-state index is 12.1. The zero-order chi connectivity index (χ0) is 13.1. The van der Waals surface area contributed by atoms with Gasteiger partial charge in [-0.1, -0.05) is 32.6 Å². The minimum Gasteiger partial charge on any atom is -0.340 e. The van der Waals surface area contributed by atoms with E-state index in [4.69, 9.17) is 9.47 Å². The van der Waals surface area contributed by atoms with Gasteiger partial charge < -0.3 is 9.47 Å². The standard InChI is InChI=1S/C14H26O3/c1-6-7-8-9-10-14(5)12(15)11(2)16-13(3,4)17-14/h11H,6-10H2,1-5H3/t11-,14-/m0/s1. The highest BCUT2D eigenvalue weighted by Gasteiger charge is 2.47. The van der Waals surface area contributed by atoms with Crippen LogP contribution in [0.1, 0.15) is 66.7 Å². The highest BCUT2D eigenvalue weighted by molar-refractivity contribution is 5.91. The van der Waals surface area contributed by atoms with Crippen molar-refractivity contribution < 1.29 is 14.3 Å². The van der Waals surface area contributed by atoms with E-state index in [-0.39, 0.29) is 11.9 Å². The van der Waals surface area contributed by atoms with Crippen molar-refractivity contribution in [2.24, 2.45) is 0 Å². The number of ketones is 1. The van der Waals surface area contributed by atoms with Crippen LogP contribution in [0.15, 0.2) is 0 Å². The van der Waals surface area contributed by atoms with E-state index < -0.39 is 11.4 Å². The molecular weight excluding hydrogens is 216 g/mol. The van der Waals surface area contributed by atoms with Gasteiger partial charge in [-0.2, -0.15) is 0 Å². The molecule has 0 radical (unpaired) electrons. The summed E-state index contributed by atoms with van der Waals surface area (Å²) in [5.74, 6) is -0.583. The molecule has 3 nitrogen and oxygen atoms in total. The van der Waals surface area contributed by atoms with Crippen LogP contribution in [-0.2, 0) is 14.3 Å². The molecule has 1 aliphatic rings. The Morgan fingerprint density at radius 3 is 2.41 bits per heavy atom. The van der Waals surface area contributed by atoms with Crippen molar-refractivity contribution in [1.82, 2.24) is 0 Å². The van der Waals surface area contributed by atoms with E-state index in [0.717, 1.165) is 12.8 Å². The predicted molar refractivity (Wildman–Crippen MR) is 67.9 cm³/mol. The molecule has 0 aromatic rings. The normalized spacial score (nSPS) is 32.8. The largest absolute Gasteiger partial charge is 0.340 e. The van der Waals surface area contributed by atoms with Gasteiger partial charge in [-0.05, 0) is 34.1 Å². The van der Waals surface area contributed by atoms with Gasteiger partial charge in [0.05, 0.1) is 0 Å². The second-order valence-electron chi connectivity index (χ2n) is 5.67. The van der Waals surface area contributed by atoms with Crippen LogP contribution >= 0.6 is 0 Å². The first-order valence-electron chi connectivity index (χ1n) is 6.73. The third-order valence-corrected chi connectivity index (χ3v) is 3.33. The van der Waals surface area contributed by atoms with Crippen molar-refractivity contribution in [3.8, 4) is 0 Å². The number of carbonyl (C=O) groups excluding carboxylic acids is 1. The molecule has 0 spiro atoms. The Kier molecular flexibility index (Phi) is 4.73. The number of rotatable bonds is 5. The smallest absolute Gasteiger partial charge is 0.192 e. The summed E-state index contributed by atoms with van der Waals surface area (Å²) in [7, 11) is 0. The lowest BCUT2D eigenvalue weighted by atomic mass is 9.89. The summed E-state index contributed by atoms with van der Waals surface area (Å²) in [5.41, 5.74) is -0.672. The van der Waals surface area contributed by atoms with Gasteiger partial charge in [0.2, 0.25) is 0 Å². The van der Waals surface area contributed by atoms with Gasteiger partial charge in [0.1, 0.15) is 11.7 Å². The fourth-order valence-electron chi connectivity index (χ4n) is 2.59. The first kappa shape index (κ1) is 14.7. The Labute approximate surface area is 105 Å². The SMILES string of the molecule is CCCCCC[C@]1(C)OC(C)(C)O[C@@H](C)C1=O. The van der Waals surface area contributed by atoms with Crippen LogP contribution in [0.5, 0.6) is 0 Å². The number of unbranched alkanes of at least 4 members (excludes halogenated alkanes) is 3. The van der Waals surface area contributed by atoms with Crippen LogP contribution in [-0.4, -0.2) is 23.3 Å². The summed E-state index contributed by atoms with van der Waals surface area (Å²) < 4.78 is 11.4. The molecule has 1 rings (SSSR count). The molecule has 0 aromatic heterocycles. The van der Waals surface area contributed by atoms with Gasteiger partial charge in [0.15, 0.2) is 11.6 Å². The van der Waals surface area contributed by atoms with Crippen molar-refractivity contribution in [1.29, 1.82) is 0 Å². The topological polar surface area (TPSA) is 35.5 Å². The number of hydrogen-bond donors (Lipinski definition) is 0. The summed E-state index contributed by atoms with van der Waals surface area (Å²) in [6.07, 6.45) is 5.06. The zero-order valence-electron chi connectivity index (χ0n) is 11.8. The minimum atomic E-state index is -0.672. The highest BCUT2D eigenvalue weighted by Crippen LogP contribution is 2.34. The molecule has 1 saturated heterocycles. The molecular formula is C14H26O3. The molecule has 1 fully saturated rings. The maximum atomic E-state index is 12.1. The Hall–Kier alpha value is -0.410. The lowest BCUT2D eigenvalue weighted by Crippen LogP contribution is -2.57.